The van der Waals surface area contributed by atoms with Gasteiger partial charge in [-0.2, -0.15) is 0 Å². The molecule has 7 nitrogen and oxygen atoms in total. The number of aromatic nitrogens is 3. The third-order valence-electron chi connectivity index (χ3n) is 4.96. The van der Waals surface area contributed by atoms with Gasteiger partial charge in [-0.05, 0) is 39.1 Å². The highest BCUT2D eigenvalue weighted by atomic mass is 16.2. The topological polar surface area (TPSA) is 57.5 Å². The Labute approximate surface area is 155 Å². The molecule has 0 aromatic carbocycles. The van der Waals surface area contributed by atoms with Gasteiger partial charge in [0.05, 0.1) is 12.1 Å². The van der Waals surface area contributed by atoms with Gasteiger partial charge in [-0.15, -0.1) is 0 Å². The van der Waals surface area contributed by atoms with E-state index in [-0.39, 0.29) is 5.91 Å². The summed E-state index contributed by atoms with van der Waals surface area (Å²) in [6, 6.07) is 3.85. The molecule has 1 aliphatic rings. The number of hydrogen-bond donors (Lipinski definition) is 0. The number of rotatable bonds is 5. The zero-order valence-electron chi connectivity index (χ0n) is 15.9. The van der Waals surface area contributed by atoms with Crippen LogP contribution in [0, 0.1) is 0 Å². The van der Waals surface area contributed by atoms with Crippen molar-refractivity contribution in [2.45, 2.75) is 19.9 Å². The first-order valence-corrected chi connectivity index (χ1v) is 9.23. The third kappa shape index (κ3) is 4.22. The van der Waals surface area contributed by atoms with Gasteiger partial charge >= 0.3 is 0 Å². The highest BCUT2D eigenvalue weighted by Crippen LogP contribution is 2.15. The minimum Gasteiger partial charge on any atom is -0.355 e. The Morgan fingerprint density at radius 1 is 1.15 bits per heavy atom. The Morgan fingerprint density at radius 2 is 2.00 bits per heavy atom. The fourth-order valence-corrected chi connectivity index (χ4v) is 3.20. The predicted molar refractivity (Wildman–Crippen MR) is 102 cm³/mol. The molecule has 0 radical (unpaired) electrons. The molecule has 0 N–H and O–H groups in total. The van der Waals surface area contributed by atoms with E-state index in [0.717, 1.165) is 44.2 Å². The summed E-state index contributed by atoms with van der Waals surface area (Å²) in [6.07, 6.45) is 6.48. The molecule has 1 fully saturated rings. The maximum atomic E-state index is 12.8. The van der Waals surface area contributed by atoms with Gasteiger partial charge in [0.1, 0.15) is 11.6 Å². The van der Waals surface area contributed by atoms with E-state index in [4.69, 9.17) is 0 Å². The van der Waals surface area contributed by atoms with Crippen molar-refractivity contribution in [1.29, 1.82) is 0 Å². The molecule has 2 aromatic rings. The smallest absolute Gasteiger partial charge is 0.255 e. The largest absolute Gasteiger partial charge is 0.355 e. The second-order valence-corrected chi connectivity index (χ2v) is 6.82. The number of aryl methyl sites for hydroxylation is 1. The van der Waals surface area contributed by atoms with E-state index in [1.807, 2.05) is 36.9 Å². The van der Waals surface area contributed by atoms with E-state index in [1.165, 1.54) is 0 Å². The third-order valence-corrected chi connectivity index (χ3v) is 4.96. The molecule has 0 saturated carbocycles. The van der Waals surface area contributed by atoms with Crippen LogP contribution in [0.4, 0.5) is 5.82 Å². The SMILES string of the molecule is CCN(Cc1nccn1C)C(=O)c1ccc(N2CCCN(C)CC2)nc1. The van der Waals surface area contributed by atoms with Crippen LogP contribution in [-0.4, -0.2) is 70.0 Å². The van der Waals surface area contributed by atoms with Crippen LogP contribution in [0.5, 0.6) is 0 Å². The average molecular weight is 356 g/mol. The van der Waals surface area contributed by atoms with E-state index < -0.39 is 0 Å². The van der Waals surface area contributed by atoms with Crippen LogP contribution in [0.15, 0.2) is 30.7 Å². The highest BCUT2D eigenvalue weighted by molar-refractivity contribution is 5.94. The standard InChI is InChI=1S/C19H28N6O/c1-4-24(15-18-20-8-11-23(18)3)19(26)16-6-7-17(21-14-16)25-10-5-9-22(2)12-13-25/h6-8,11,14H,4-5,9-10,12-13,15H2,1-3H3. The fourth-order valence-electron chi connectivity index (χ4n) is 3.20. The molecule has 2 aromatic heterocycles. The molecule has 0 bridgehead atoms. The van der Waals surface area contributed by atoms with Gasteiger partial charge in [-0.1, -0.05) is 0 Å². The van der Waals surface area contributed by atoms with E-state index in [1.54, 1.807) is 17.3 Å². The maximum Gasteiger partial charge on any atom is 0.255 e. The first-order chi connectivity index (χ1) is 12.6. The van der Waals surface area contributed by atoms with Crippen LogP contribution in [-0.2, 0) is 13.6 Å². The number of hydrogen-bond acceptors (Lipinski definition) is 5. The summed E-state index contributed by atoms with van der Waals surface area (Å²) in [5.74, 6) is 1.81. The molecule has 0 aliphatic carbocycles. The number of amides is 1. The lowest BCUT2D eigenvalue weighted by atomic mass is 10.2. The molecule has 1 saturated heterocycles. The lowest BCUT2D eigenvalue weighted by Gasteiger charge is -2.23. The Kier molecular flexibility index (Phi) is 5.88. The lowest BCUT2D eigenvalue weighted by Crippen LogP contribution is -2.32. The minimum absolute atomic E-state index is 0.00912. The summed E-state index contributed by atoms with van der Waals surface area (Å²) >= 11 is 0. The first-order valence-electron chi connectivity index (χ1n) is 9.23. The van der Waals surface area contributed by atoms with E-state index >= 15 is 0 Å². The maximum absolute atomic E-state index is 12.8. The molecule has 1 aliphatic heterocycles. The molecule has 1 amide bonds. The van der Waals surface area contributed by atoms with Crippen LogP contribution >= 0.6 is 0 Å². The van der Waals surface area contributed by atoms with Crippen LogP contribution in [0.25, 0.3) is 0 Å². The first kappa shape index (κ1) is 18.4. The molecular formula is C19H28N6O. The predicted octanol–water partition coefficient (Wildman–Crippen LogP) is 1.62. The Morgan fingerprint density at radius 3 is 2.65 bits per heavy atom. The van der Waals surface area contributed by atoms with Crippen molar-refractivity contribution >= 4 is 11.7 Å². The van der Waals surface area contributed by atoms with Crippen molar-refractivity contribution in [3.8, 4) is 0 Å². The number of likely N-dealkylation sites (N-methyl/N-ethyl adjacent to an activating group) is 1. The van der Waals surface area contributed by atoms with Gasteiger partial charge in [0.15, 0.2) is 0 Å². The molecule has 0 atom stereocenters. The van der Waals surface area contributed by atoms with Crippen molar-refractivity contribution in [2.75, 3.05) is 44.7 Å². The number of nitrogens with zero attached hydrogens (tertiary/aromatic N) is 6. The zero-order valence-corrected chi connectivity index (χ0v) is 15.9. The van der Waals surface area contributed by atoms with Crippen molar-refractivity contribution in [3.05, 3.63) is 42.1 Å². The molecule has 7 heteroatoms. The Bertz CT molecular complexity index is 726. The van der Waals surface area contributed by atoms with Crippen LogP contribution < -0.4 is 4.90 Å². The summed E-state index contributed by atoms with van der Waals surface area (Å²) in [5.41, 5.74) is 0.622. The number of pyridine rings is 1. The quantitative estimate of drug-likeness (QED) is 0.815. The molecule has 3 rings (SSSR count). The Hall–Kier alpha value is -2.41. The molecule has 0 spiro atoms. The van der Waals surface area contributed by atoms with Gasteiger partial charge in [0.2, 0.25) is 0 Å². The Balaban J connectivity index is 1.68. The van der Waals surface area contributed by atoms with Crippen molar-refractivity contribution < 1.29 is 4.79 Å². The van der Waals surface area contributed by atoms with Crippen LogP contribution in [0.3, 0.4) is 0 Å². The van der Waals surface area contributed by atoms with Gasteiger partial charge in [-0.25, -0.2) is 9.97 Å². The number of anilines is 1. The van der Waals surface area contributed by atoms with Gasteiger partial charge in [0, 0.05) is 51.8 Å². The van der Waals surface area contributed by atoms with Gasteiger partial charge in [-0.3, -0.25) is 4.79 Å². The van der Waals surface area contributed by atoms with Crippen molar-refractivity contribution in [2.24, 2.45) is 7.05 Å². The normalized spacial score (nSPS) is 15.7. The number of carbonyl (C=O) groups is 1. The number of imidazole rings is 1. The summed E-state index contributed by atoms with van der Waals surface area (Å²) < 4.78 is 1.94. The number of carbonyl (C=O) groups excluding carboxylic acids is 1. The molecular weight excluding hydrogens is 328 g/mol. The van der Waals surface area contributed by atoms with Gasteiger partial charge in [0.25, 0.3) is 5.91 Å². The van der Waals surface area contributed by atoms with Crippen LogP contribution in [0.1, 0.15) is 29.5 Å². The van der Waals surface area contributed by atoms with Crippen molar-refractivity contribution in [3.63, 3.8) is 0 Å². The van der Waals surface area contributed by atoms with Gasteiger partial charge < -0.3 is 19.3 Å². The molecule has 26 heavy (non-hydrogen) atoms. The zero-order chi connectivity index (χ0) is 18.5. The second-order valence-electron chi connectivity index (χ2n) is 6.82. The molecule has 3 heterocycles. The van der Waals surface area contributed by atoms with Crippen molar-refractivity contribution in [1.82, 2.24) is 24.3 Å². The summed E-state index contributed by atoms with van der Waals surface area (Å²) in [4.78, 5) is 28.1. The molecule has 140 valence electrons. The summed E-state index contributed by atoms with van der Waals surface area (Å²) in [6.45, 7) is 7.24. The van der Waals surface area contributed by atoms with Crippen LogP contribution in [0.2, 0.25) is 0 Å². The fraction of sp³-hybridized carbons (Fsp3) is 0.526. The average Bonchev–Trinajstić information content (AvgIpc) is 2.93. The molecule has 0 unspecified atom stereocenters. The minimum atomic E-state index is -0.00912. The lowest BCUT2D eigenvalue weighted by molar-refractivity contribution is 0.0747. The van der Waals surface area contributed by atoms with E-state index in [2.05, 4.69) is 26.8 Å². The summed E-state index contributed by atoms with van der Waals surface area (Å²) in [5, 5.41) is 0. The highest BCUT2D eigenvalue weighted by Gasteiger charge is 2.18. The monoisotopic (exact) mass is 356 g/mol. The van der Waals surface area contributed by atoms with E-state index in [9.17, 15) is 4.79 Å². The van der Waals surface area contributed by atoms with E-state index in [0.29, 0.717) is 18.7 Å². The summed E-state index contributed by atoms with van der Waals surface area (Å²) in [7, 11) is 4.09. The second kappa shape index (κ2) is 8.31.